The standard InChI is InChI=1S/C16H20N2/c1-11(2)13-6-7-17-15-10-16-12(9-14(13)15)5-4-8-18(16)3/h6-7,9-11H,4-5,8H2,1-3H3. The first-order chi connectivity index (χ1) is 8.66. The first-order valence-electron chi connectivity index (χ1n) is 6.79. The lowest BCUT2D eigenvalue weighted by Gasteiger charge is -2.28. The van der Waals surface area contributed by atoms with Gasteiger partial charge in [-0.15, -0.1) is 0 Å². The molecular weight excluding hydrogens is 220 g/mol. The van der Waals surface area contributed by atoms with Gasteiger partial charge in [0.1, 0.15) is 0 Å². The van der Waals surface area contributed by atoms with Crippen LogP contribution in [0, 0.1) is 0 Å². The molecule has 3 rings (SSSR count). The first-order valence-corrected chi connectivity index (χ1v) is 6.79. The van der Waals surface area contributed by atoms with Crippen LogP contribution in [0.5, 0.6) is 0 Å². The molecule has 2 heterocycles. The number of nitrogens with zero attached hydrogens (tertiary/aromatic N) is 2. The number of aryl methyl sites for hydroxylation is 1. The van der Waals surface area contributed by atoms with Crippen molar-refractivity contribution < 1.29 is 0 Å². The van der Waals surface area contributed by atoms with E-state index < -0.39 is 0 Å². The zero-order valence-electron chi connectivity index (χ0n) is 11.4. The fourth-order valence-corrected chi connectivity index (χ4v) is 2.93. The summed E-state index contributed by atoms with van der Waals surface area (Å²) >= 11 is 0. The minimum absolute atomic E-state index is 0.551. The number of rotatable bonds is 1. The van der Waals surface area contributed by atoms with Crippen LogP contribution < -0.4 is 4.90 Å². The van der Waals surface area contributed by atoms with Gasteiger partial charge in [-0.05, 0) is 48.1 Å². The van der Waals surface area contributed by atoms with E-state index >= 15 is 0 Å². The van der Waals surface area contributed by atoms with Crippen LogP contribution in [0.15, 0.2) is 24.4 Å². The van der Waals surface area contributed by atoms with Crippen molar-refractivity contribution in [2.24, 2.45) is 0 Å². The molecule has 1 aromatic heterocycles. The molecule has 0 atom stereocenters. The molecule has 2 aromatic rings. The molecule has 0 N–H and O–H groups in total. The summed E-state index contributed by atoms with van der Waals surface area (Å²) < 4.78 is 0. The van der Waals surface area contributed by atoms with Crippen molar-refractivity contribution >= 4 is 16.6 Å². The maximum Gasteiger partial charge on any atom is 0.0725 e. The molecule has 0 saturated heterocycles. The molecular formula is C16H20N2. The summed E-state index contributed by atoms with van der Waals surface area (Å²) in [5.74, 6) is 0.551. The second-order valence-electron chi connectivity index (χ2n) is 5.58. The number of benzene rings is 1. The maximum atomic E-state index is 4.54. The molecule has 0 radical (unpaired) electrons. The smallest absolute Gasteiger partial charge is 0.0725 e. The lowest BCUT2D eigenvalue weighted by molar-refractivity contribution is 0.745. The Morgan fingerprint density at radius 2 is 2.11 bits per heavy atom. The van der Waals surface area contributed by atoms with Crippen molar-refractivity contribution in [2.45, 2.75) is 32.6 Å². The van der Waals surface area contributed by atoms with Gasteiger partial charge in [0.2, 0.25) is 0 Å². The van der Waals surface area contributed by atoms with Crippen LogP contribution in [0.4, 0.5) is 5.69 Å². The van der Waals surface area contributed by atoms with Crippen LogP contribution in [-0.2, 0) is 6.42 Å². The largest absolute Gasteiger partial charge is 0.374 e. The van der Waals surface area contributed by atoms with Crippen LogP contribution in [-0.4, -0.2) is 18.6 Å². The number of hydrogen-bond acceptors (Lipinski definition) is 2. The van der Waals surface area contributed by atoms with Crippen LogP contribution in [0.3, 0.4) is 0 Å². The Labute approximate surface area is 109 Å². The first kappa shape index (κ1) is 11.5. The van der Waals surface area contributed by atoms with Gasteiger partial charge in [0.25, 0.3) is 0 Å². The van der Waals surface area contributed by atoms with Gasteiger partial charge in [-0.3, -0.25) is 4.98 Å². The van der Waals surface area contributed by atoms with Gasteiger partial charge in [0.15, 0.2) is 0 Å². The molecule has 0 bridgehead atoms. The number of fused-ring (bicyclic) bond motifs is 2. The fraction of sp³-hybridized carbons (Fsp3) is 0.438. The molecule has 1 aliphatic heterocycles. The van der Waals surface area contributed by atoms with E-state index in [4.69, 9.17) is 0 Å². The van der Waals surface area contributed by atoms with E-state index in [-0.39, 0.29) is 0 Å². The topological polar surface area (TPSA) is 16.1 Å². The lowest BCUT2D eigenvalue weighted by atomic mass is 9.94. The van der Waals surface area contributed by atoms with Crippen molar-refractivity contribution in [3.63, 3.8) is 0 Å². The predicted octanol–water partition coefficient (Wildman–Crippen LogP) is 3.74. The van der Waals surface area contributed by atoms with Gasteiger partial charge in [-0.1, -0.05) is 13.8 Å². The minimum Gasteiger partial charge on any atom is -0.374 e. The SMILES string of the molecule is CC(C)c1ccnc2cc3c(cc12)CCCN3C. The second-order valence-corrected chi connectivity index (χ2v) is 5.58. The monoisotopic (exact) mass is 240 g/mol. The van der Waals surface area contributed by atoms with E-state index in [1.54, 1.807) is 0 Å². The Hall–Kier alpha value is -1.57. The van der Waals surface area contributed by atoms with Crippen LogP contribution in [0.2, 0.25) is 0 Å². The second kappa shape index (κ2) is 4.27. The van der Waals surface area contributed by atoms with Crippen molar-refractivity contribution in [2.75, 3.05) is 18.5 Å². The van der Waals surface area contributed by atoms with Crippen LogP contribution in [0.1, 0.15) is 37.3 Å². The van der Waals surface area contributed by atoms with Crippen LogP contribution in [0.25, 0.3) is 10.9 Å². The molecule has 2 nitrogen and oxygen atoms in total. The van der Waals surface area contributed by atoms with E-state index in [0.29, 0.717) is 5.92 Å². The molecule has 0 spiro atoms. The third kappa shape index (κ3) is 1.76. The van der Waals surface area contributed by atoms with Crippen molar-refractivity contribution in [1.82, 2.24) is 4.98 Å². The Morgan fingerprint density at radius 1 is 1.28 bits per heavy atom. The van der Waals surface area contributed by atoms with Crippen molar-refractivity contribution in [1.29, 1.82) is 0 Å². The highest BCUT2D eigenvalue weighted by Crippen LogP contribution is 2.33. The van der Waals surface area contributed by atoms with E-state index in [1.807, 2.05) is 6.20 Å². The zero-order chi connectivity index (χ0) is 12.7. The zero-order valence-corrected chi connectivity index (χ0v) is 11.4. The number of pyridine rings is 1. The summed E-state index contributed by atoms with van der Waals surface area (Å²) in [6.45, 7) is 5.66. The molecule has 0 amide bonds. The molecule has 1 aliphatic rings. The average Bonchev–Trinajstić information content (AvgIpc) is 2.36. The van der Waals surface area contributed by atoms with Gasteiger partial charge in [0.05, 0.1) is 5.52 Å². The van der Waals surface area contributed by atoms with E-state index in [0.717, 1.165) is 12.1 Å². The van der Waals surface area contributed by atoms with Gasteiger partial charge in [0, 0.05) is 30.9 Å². The summed E-state index contributed by atoms with van der Waals surface area (Å²) in [4.78, 5) is 6.89. The average molecular weight is 240 g/mol. The molecule has 0 aliphatic carbocycles. The number of anilines is 1. The molecule has 0 saturated carbocycles. The molecule has 2 heteroatoms. The molecule has 94 valence electrons. The normalized spacial score (nSPS) is 15.2. The van der Waals surface area contributed by atoms with E-state index in [1.165, 1.54) is 35.0 Å². The van der Waals surface area contributed by atoms with Gasteiger partial charge in [-0.2, -0.15) is 0 Å². The van der Waals surface area contributed by atoms with Gasteiger partial charge in [-0.25, -0.2) is 0 Å². The summed E-state index contributed by atoms with van der Waals surface area (Å²) in [6.07, 6.45) is 4.39. The van der Waals surface area contributed by atoms with Crippen LogP contribution >= 0.6 is 0 Å². The minimum atomic E-state index is 0.551. The van der Waals surface area contributed by atoms with Crippen molar-refractivity contribution in [3.8, 4) is 0 Å². The Kier molecular flexibility index (Phi) is 2.73. The summed E-state index contributed by atoms with van der Waals surface area (Å²) in [7, 11) is 2.18. The maximum absolute atomic E-state index is 4.54. The summed E-state index contributed by atoms with van der Waals surface area (Å²) in [6, 6.07) is 6.78. The van der Waals surface area contributed by atoms with E-state index in [2.05, 4.69) is 49.0 Å². The molecule has 0 unspecified atom stereocenters. The van der Waals surface area contributed by atoms with Gasteiger partial charge >= 0.3 is 0 Å². The summed E-state index contributed by atoms with van der Waals surface area (Å²) in [5.41, 5.74) is 5.39. The third-order valence-electron chi connectivity index (χ3n) is 3.95. The third-order valence-corrected chi connectivity index (χ3v) is 3.95. The Morgan fingerprint density at radius 3 is 2.89 bits per heavy atom. The van der Waals surface area contributed by atoms with E-state index in [9.17, 15) is 0 Å². The lowest BCUT2D eigenvalue weighted by Crippen LogP contribution is -2.24. The molecule has 18 heavy (non-hydrogen) atoms. The highest BCUT2D eigenvalue weighted by Gasteiger charge is 2.16. The molecule has 1 aromatic carbocycles. The summed E-state index contributed by atoms with van der Waals surface area (Å²) in [5, 5.41) is 1.33. The fourth-order valence-electron chi connectivity index (χ4n) is 2.93. The Bertz CT molecular complexity index is 587. The highest BCUT2D eigenvalue weighted by atomic mass is 15.1. The quantitative estimate of drug-likeness (QED) is 0.755. The number of aromatic nitrogens is 1. The predicted molar refractivity (Wildman–Crippen MR) is 77.4 cm³/mol. The Balaban J connectivity index is 2.26. The highest BCUT2D eigenvalue weighted by molar-refractivity contribution is 5.87. The van der Waals surface area contributed by atoms with Crippen molar-refractivity contribution in [3.05, 3.63) is 35.5 Å². The van der Waals surface area contributed by atoms with Gasteiger partial charge < -0.3 is 4.90 Å². The molecule has 0 fully saturated rings. The number of hydrogen-bond donors (Lipinski definition) is 0.